The summed E-state index contributed by atoms with van der Waals surface area (Å²) in [6, 6.07) is 16.5. The molecule has 4 nitrogen and oxygen atoms in total. The standard InChI is InChI=1S/C12H14N2O.C7H6BrI2N.Pt/c1-13-7-8-14(10-13)9-11-3-5-12(15-2)6-4-11;8-7-3-1-6(2-4-7)5-11(9)10;/h3-8H,9H2,1-2H3;1-4H,5H2;. The molecule has 8 heteroatoms. The quantitative estimate of drug-likeness (QED) is 0.236. The van der Waals surface area contributed by atoms with Crippen molar-refractivity contribution in [3.05, 3.63) is 80.3 Å². The van der Waals surface area contributed by atoms with E-state index in [1.807, 2.05) is 19.2 Å². The minimum absolute atomic E-state index is 0.893. The van der Waals surface area contributed by atoms with Gasteiger partial charge < -0.3 is 0 Å². The summed E-state index contributed by atoms with van der Waals surface area (Å²) in [6.07, 6.45) is 4.15. The summed E-state index contributed by atoms with van der Waals surface area (Å²) in [4.78, 5) is 0. The Labute approximate surface area is 207 Å². The molecule has 0 amide bonds. The number of imidazole rings is 1. The summed E-state index contributed by atoms with van der Waals surface area (Å²) >= 11 is 10.2. The predicted octanol–water partition coefficient (Wildman–Crippen LogP) is 5.91. The number of hydrogen-bond acceptors (Lipinski definition) is 2. The topological polar surface area (TPSA) is 22.3 Å². The van der Waals surface area contributed by atoms with E-state index >= 15 is 0 Å². The molecule has 0 aliphatic rings. The van der Waals surface area contributed by atoms with Crippen molar-refractivity contribution >= 4 is 61.7 Å². The van der Waals surface area contributed by atoms with Crippen molar-refractivity contribution in [2.24, 2.45) is 7.05 Å². The van der Waals surface area contributed by atoms with E-state index in [0.717, 1.165) is 23.3 Å². The van der Waals surface area contributed by atoms with Gasteiger partial charge in [0.05, 0.1) is 0 Å². The first-order valence-electron chi connectivity index (χ1n) is 8.02. The molecule has 27 heavy (non-hydrogen) atoms. The molecule has 0 saturated heterocycles. The molecular formula is C19H20BrI2N3OPt. The minimum atomic E-state index is 0.893. The third-order valence-electron chi connectivity index (χ3n) is 3.69. The number of methoxy groups -OCH3 is 1. The van der Waals surface area contributed by atoms with Crippen molar-refractivity contribution < 1.29 is 24.1 Å². The van der Waals surface area contributed by atoms with Crippen molar-refractivity contribution in [3.8, 4) is 5.75 Å². The monoisotopic (exact) mass is 834 g/mol. The van der Waals surface area contributed by atoms with Crippen LogP contribution in [0, 0.1) is 3.80 Å². The van der Waals surface area contributed by atoms with Crippen LogP contribution >= 0.6 is 61.7 Å². The normalized spacial score (nSPS) is 10.5. The molecule has 3 rings (SSSR count). The zero-order chi connectivity index (χ0) is 19.8. The Hall–Kier alpha value is 0.0383. The summed E-state index contributed by atoms with van der Waals surface area (Å²) in [5.41, 5.74) is 2.60. The van der Waals surface area contributed by atoms with Gasteiger partial charge in [-0.25, -0.2) is 0 Å². The zero-order valence-corrected chi connectivity index (χ0v) is 23.1. The number of benzene rings is 2. The SMILES string of the molecule is Brc1ccc(CN(I)I)cc1.COc1ccc(Cn2ccn(C)[c]2=[Pt])cc1. The number of ether oxygens (including phenoxy) is 1. The van der Waals surface area contributed by atoms with Gasteiger partial charge in [-0.1, -0.05) is 28.1 Å². The molecule has 0 aliphatic carbocycles. The van der Waals surface area contributed by atoms with Crippen LogP contribution in [0.2, 0.25) is 0 Å². The van der Waals surface area contributed by atoms with Gasteiger partial charge in [0.1, 0.15) is 0 Å². The number of halogens is 3. The molecule has 0 saturated carbocycles. The maximum atomic E-state index is 5.13. The Morgan fingerprint density at radius 1 is 1.00 bits per heavy atom. The van der Waals surface area contributed by atoms with E-state index < -0.39 is 0 Å². The molecule has 0 unspecified atom stereocenters. The van der Waals surface area contributed by atoms with Crippen molar-refractivity contribution in [2.75, 3.05) is 7.11 Å². The van der Waals surface area contributed by atoms with Gasteiger partial charge in [-0.3, -0.25) is 0 Å². The zero-order valence-electron chi connectivity index (χ0n) is 14.9. The van der Waals surface area contributed by atoms with Gasteiger partial charge >= 0.3 is 106 Å². The van der Waals surface area contributed by atoms with E-state index in [1.54, 1.807) is 7.11 Å². The summed E-state index contributed by atoms with van der Waals surface area (Å²) in [5.74, 6) is 0.900. The number of nitrogens with zero attached hydrogens (tertiary/aromatic N) is 3. The van der Waals surface area contributed by atoms with Gasteiger partial charge in [0.2, 0.25) is 0 Å². The van der Waals surface area contributed by atoms with E-state index in [9.17, 15) is 0 Å². The van der Waals surface area contributed by atoms with E-state index in [2.05, 4.69) is 140 Å². The number of aromatic nitrogens is 2. The molecule has 3 aromatic rings. The Bertz CT molecular complexity index is 893. The average molecular weight is 835 g/mol. The van der Waals surface area contributed by atoms with E-state index in [-0.39, 0.29) is 0 Å². The molecular weight excluding hydrogens is 815 g/mol. The maximum absolute atomic E-state index is 5.13. The third kappa shape index (κ3) is 8.12. The van der Waals surface area contributed by atoms with Gasteiger partial charge in [0.25, 0.3) is 0 Å². The van der Waals surface area contributed by atoms with Crippen LogP contribution in [-0.4, -0.2) is 17.6 Å². The van der Waals surface area contributed by atoms with Crippen molar-refractivity contribution in [1.82, 2.24) is 10.5 Å². The van der Waals surface area contributed by atoms with Crippen LogP contribution in [-0.2, 0) is 39.5 Å². The van der Waals surface area contributed by atoms with Crippen molar-refractivity contribution in [3.63, 3.8) is 0 Å². The molecule has 0 bridgehead atoms. The van der Waals surface area contributed by atoms with Crippen LogP contribution in [0.1, 0.15) is 11.1 Å². The molecule has 1 heterocycles. The Morgan fingerprint density at radius 2 is 1.59 bits per heavy atom. The Balaban J connectivity index is 0.000000208. The molecule has 0 atom stereocenters. The van der Waals surface area contributed by atoms with Crippen LogP contribution in [0.5, 0.6) is 5.75 Å². The summed E-state index contributed by atoms with van der Waals surface area (Å²) in [7, 11) is 3.73. The molecule has 0 aliphatic heterocycles. The Morgan fingerprint density at radius 3 is 2.07 bits per heavy atom. The number of rotatable bonds is 5. The molecule has 1 aromatic heterocycles. The van der Waals surface area contributed by atoms with E-state index in [4.69, 9.17) is 4.74 Å². The molecule has 2 aromatic carbocycles. The van der Waals surface area contributed by atoms with Gasteiger partial charge in [-0.2, -0.15) is 1.33 Å². The van der Waals surface area contributed by atoms with Crippen molar-refractivity contribution in [1.29, 1.82) is 0 Å². The second-order valence-electron chi connectivity index (χ2n) is 5.71. The van der Waals surface area contributed by atoms with E-state index in [0.29, 0.717) is 0 Å². The third-order valence-corrected chi connectivity index (χ3v) is 6.35. The first-order chi connectivity index (χ1) is 12.9. The van der Waals surface area contributed by atoms with E-state index in [1.165, 1.54) is 14.9 Å². The molecule has 148 valence electrons. The first kappa shape index (κ1) is 23.3. The second kappa shape index (κ2) is 11.9. The van der Waals surface area contributed by atoms with Gasteiger partial charge in [0, 0.05) is 56.7 Å². The predicted molar refractivity (Wildman–Crippen MR) is 126 cm³/mol. The molecule has 0 N–H and O–H groups in total. The number of hydrogen-bond donors (Lipinski definition) is 0. The molecule has 0 radical (unpaired) electrons. The van der Waals surface area contributed by atoms with Crippen LogP contribution in [0.4, 0.5) is 0 Å². The van der Waals surface area contributed by atoms with Gasteiger partial charge in [-0.15, -0.1) is 0 Å². The summed E-state index contributed by atoms with van der Waals surface area (Å²) in [5, 5.41) is 0. The van der Waals surface area contributed by atoms with Gasteiger partial charge in [-0.05, 0) is 17.7 Å². The van der Waals surface area contributed by atoms with Crippen LogP contribution in [0.25, 0.3) is 0 Å². The molecule has 0 fully saturated rings. The Kier molecular flexibility index (Phi) is 10.3. The van der Waals surface area contributed by atoms with Crippen LogP contribution in [0.15, 0.2) is 65.4 Å². The molecule has 0 spiro atoms. The second-order valence-corrected chi connectivity index (χ2v) is 11.8. The average Bonchev–Trinajstić information content (AvgIpc) is 2.96. The van der Waals surface area contributed by atoms with Crippen LogP contribution in [0.3, 0.4) is 0 Å². The fraction of sp³-hybridized carbons (Fsp3) is 0.211. The van der Waals surface area contributed by atoms with Crippen molar-refractivity contribution in [2.45, 2.75) is 13.1 Å². The van der Waals surface area contributed by atoms with Gasteiger partial charge in [0.15, 0.2) is 0 Å². The van der Waals surface area contributed by atoms with Crippen LogP contribution < -0.4 is 4.74 Å². The summed E-state index contributed by atoms with van der Waals surface area (Å²) in [6.45, 7) is 1.87. The fourth-order valence-corrected chi connectivity index (χ4v) is 3.84. The first-order valence-corrected chi connectivity index (χ1v) is 11.9. The fourth-order valence-electron chi connectivity index (χ4n) is 2.27. The summed E-state index contributed by atoms with van der Waals surface area (Å²) < 4.78 is 13.9. The number of aryl methyl sites for hydroxylation is 1.